The van der Waals surface area contributed by atoms with Gasteiger partial charge in [0.05, 0.1) is 6.61 Å². The van der Waals surface area contributed by atoms with E-state index >= 15 is 0 Å². The quantitative estimate of drug-likeness (QED) is 0.382. The maximum absolute atomic E-state index is 5.31. The van der Waals surface area contributed by atoms with Crippen molar-refractivity contribution in [1.29, 1.82) is 0 Å². The third kappa shape index (κ3) is 6.67. The Labute approximate surface area is 165 Å². The maximum atomic E-state index is 5.31. The monoisotopic (exact) mass is 452 g/mol. The molecule has 0 aliphatic carbocycles. The molecule has 5 nitrogen and oxygen atoms in total. The minimum atomic E-state index is 0. The largest absolute Gasteiger partial charge is 0.384 e. The fourth-order valence-corrected chi connectivity index (χ4v) is 3.75. The lowest BCUT2D eigenvalue weighted by molar-refractivity contribution is 0.143. The molecule has 0 saturated carbocycles. The molecule has 142 valence electrons. The van der Waals surface area contributed by atoms with Gasteiger partial charge >= 0.3 is 0 Å². The first-order valence-electron chi connectivity index (χ1n) is 9.40. The highest BCUT2D eigenvalue weighted by Crippen LogP contribution is 2.20. The molecular weight excluding hydrogens is 415 g/mol. The zero-order valence-electron chi connectivity index (χ0n) is 16.0. The van der Waals surface area contributed by atoms with Crippen molar-refractivity contribution >= 4 is 29.9 Å². The average molecular weight is 452 g/mol. The molecule has 2 fully saturated rings. The zero-order valence-corrected chi connectivity index (χ0v) is 18.3. The topological polar surface area (TPSA) is 40.1 Å². The van der Waals surface area contributed by atoms with Gasteiger partial charge in [-0.05, 0) is 52.5 Å². The molecular formula is C18H37IN4O. The standard InChI is InChI=1S/C18H36N4O.HI/c1-5-19-18(22-10-8-17(13-22)14-23-4)20-11-16-7-6-9-21(12-16)15(2)3;/h15-17H,5-14H2,1-4H3,(H,19,20);1H. The van der Waals surface area contributed by atoms with E-state index in [1.54, 1.807) is 7.11 Å². The summed E-state index contributed by atoms with van der Waals surface area (Å²) < 4.78 is 5.31. The van der Waals surface area contributed by atoms with E-state index in [4.69, 9.17) is 9.73 Å². The molecule has 1 N–H and O–H groups in total. The van der Waals surface area contributed by atoms with Gasteiger partial charge in [-0.15, -0.1) is 24.0 Å². The Kier molecular flexibility index (Phi) is 10.5. The number of guanidine groups is 1. The third-order valence-corrected chi connectivity index (χ3v) is 5.10. The summed E-state index contributed by atoms with van der Waals surface area (Å²) in [6.45, 7) is 14.1. The van der Waals surface area contributed by atoms with Gasteiger partial charge in [0.1, 0.15) is 0 Å². The number of aliphatic imine (C=N–C) groups is 1. The zero-order chi connectivity index (χ0) is 16.7. The number of ether oxygens (including phenoxy) is 1. The van der Waals surface area contributed by atoms with E-state index in [2.05, 4.69) is 35.9 Å². The van der Waals surface area contributed by atoms with Gasteiger partial charge < -0.3 is 19.9 Å². The Morgan fingerprint density at radius 2 is 2.00 bits per heavy atom. The van der Waals surface area contributed by atoms with Crippen LogP contribution in [0.2, 0.25) is 0 Å². The van der Waals surface area contributed by atoms with Crippen molar-refractivity contribution in [2.75, 3.05) is 53.0 Å². The van der Waals surface area contributed by atoms with E-state index in [1.807, 2.05) is 0 Å². The van der Waals surface area contributed by atoms with Gasteiger partial charge in [-0.3, -0.25) is 4.99 Å². The molecule has 2 aliphatic heterocycles. The van der Waals surface area contributed by atoms with E-state index < -0.39 is 0 Å². The van der Waals surface area contributed by atoms with Crippen molar-refractivity contribution in [1.82, 2.24) is 15.1 Å². The lowest BCUT2D eigenvalue weighted by Crippen LogP contribution is -2.43. The van der Waals surface area contributed by atoms with Gasteiger partial charge in [0.25, 0.3) is 0 Å². The van der Waals surface area contributed by atoms with E-state index in [0.717, 1.165) is 38.7 Å². The normalized spacial score (nSPS) is 25.9. The first-order valence-corrected chi connectivity index (χ1v) is 9.40. The minimum Gasteiger partial charge on any atom is -0.384 e. The summed E-state index contributed by atoms with van der Waals surface area (Å²) in [5.41, 5.74) is 0. The van der Waals surface area contributed by atoms with Crippen molar-refractivity contribution in [3.05, 3.63) is 0 Å². The van der Waals surface area contributed by atoms with Crippen LogP contribution in [-0.2, 0) is 4.74 Å². The molecule has 0 aromatic carbocycles. The van der Waals surface area contributed by atoms with Gasteiger partial charge in [-0.25, -0.2) is 0 Å². The average Bonchev–Trinajstić information content (AvgIpc) is 3.00. The Morgan fingerprint density at radius 1 is 1.21 bits per heavy atom. The van der Waals surface area contributed by atoms with Crippen LogP contribution in [0.25, 0.3) is 0 Å². The summed E-state index contributed by atoms with van der Waals surface area (Å²) in [4.78, 5) is 9.98. The first-order chi connectivity index (χ1) is 11.1. The van der Waals surface area contributed by atoms with Crippen molar-refractivity contribution < 1.29 is 4.74 Å². The van der Waals surface area contributed by atoms with Gasteiger partial charge in [0, 0.05) is 51.8 Å². The fraction of sp³-hybridized carbons (Fsp3) is 0.944. The van der Waals surface area contributed by atoms with Crippen molar-refractivity contribution in [3.8, 4) is 0 Å². The molecule has 2 aliphatic rings. The fourth-order valence-electron chi connectivity index (χ4n) is 3.75. The van der Waals surface area contributed by atoms with Crippen LogP contribution in [0.1, 0.15) is 40.0 Å². The van der Waals surface area contributed by atoms with Crippen LogP contribution in [0.4, 0.5) is 0 Å². The summed E-state index contributed by atoms with van der Waals surface area (Å²) >= 11 is 0. The van der Waals surface area contributed by atoms with E-state index in [1.165, 1.54) is 32.4 Å². The van der Waals surface area contributed by atoms with Crippen molar-refractivity contribution in [2.24, 2.45) is 16.8 Å². The lowest BCUT2D eigenvalue weighted by Gasteiger charge is -2.35. The van der Waals surface area contributed by atoms with E-state index in [-0.39, 0.29) is 24.0 Å². The first kappa shape index (κ1) is 22.0. The molecule has 2 atom stereocenters. The Morgan fingerprint density at radius 3 is 2.67 bits per heavy atom. The number of piperidine rings is 1. The number of nitrogens with zero attached hydrogens (tertiary/aromatic N) is 3. The summed E-state index contributed by atoms with van der Waals surface area (Å²) in [6, 6.07) is 0.656. The van der Waals surface area contributed by atoms with Crippen LogP contribution >= 0.6 is 24.0 Å². The van der Waals surface area contributed by atoms with E-state index in [9.17, 15) is 0 Å². The number of hydrogen-bond acceptors (Lipinski definition) is 3. The second-order valence-electron chi connectivity index (χ2n) is 7.35. The number of rotatable bonds is 6. The highest BCUT2D eigenvalue weighted by molar-refractivity contribution is 14.0. The van der Waals surface area contributed by atoms with Gasteiger partial charge in [0.2, 0.25) is 0 Å². The van der Waals surface area contributed by atoms with Crippen molar-refractivity contribution in [3.63, 3.8) is 0 Å². The van der Waals surface area contributed by atoms with E-state index in [0.29, 0.717) is 17.9 Å². The maximum Gasteiger partial charge on any atom is 0.193 e. The number of methoxy groups -OCH3 is 1. The Bertz CT molecular complexity index is 378. The molecule has 2 rings (SSSR count). The molecule has 2 heterocycles. The van der Waals surface area contributed by atoms with Crippen LogP contribution < -0.4 is 5.32 Å². The summed E-state index contributed by atoms with van der Waals surface area (Å²) in [5, 5.41) is 3.48. The number of hydrogen-bond donors (Lipinski definition) is 1. The molecule has 0 radical (unpaired) electrons. The Balaban J connectivity index is 0.00000288. The SMILES string of the molecule is CCNC(=NCC1CCCN(C(C)C)C1)N1CCC(COC)C1.I. The van der Waals surface area contributed by atoms with Gasteiger partial charge in [-0.1, -0.05) is 0 Å². The van der Waals surface area contributed by atoms with Crippen LogP contribution in [0, 0.1) is 11.8 Å². The van der Waals surface area contributed by atoms with Crippen LogP contribution in [0.5, 0.6) is 0 Å². The second kappa shape index (κ2) is 11.5. The van der Waals surface area contributed by atoms with Crippen LogP contribution in [-0.4, -0.2) is 74.8 Å². The molecule has 0 amide bonds. The third-order valence-electron chi connectivity index (χ3n) is 5.10. The highest BCUT2D eigenvalue weighted by Gasteiger charge is 2.26. The number of halogens is 1. The second-order valence-corrected chi connectivity index (χ2v) is 7.35. The summed E-state index contributed by atoms with van der Waals surface area (Å²) in [6.07, 6.45) is 3.84. The molecule has 0 aromatic rings. The predicted octanol–water partition coefficient (Wildman–Crippen LogP) is 2.66. The van der Waals surface area contributed by atoms with Gasteiger partial charge in [-0.2, -0.15) is 0 Å². The summed E-state index contributed by atoms with van der Waals surface area (Å²) in [7, 11) is 1.80. The van der Waals surface area contributed by atoms with Crippen LogP contribution in [0.15, 0.2) is 4.99 Å². The molecule has 24 heavy (non-hydrogen) atoms. The number of likely N-dealkylation sites (tertiary alicyclic amines) is 2. The lowest BCUT2D eigenvalue weighted by atomic mass is 9.97. The number of nitrogens with one attached hydrogen (secondary N) is 1. The molecule has 0 aromatic heterocycles. The highest BCUT2D eigenvalue weighted by atomic mass is 127. The molecule has 2 unspecified atom stereocenters. The van der Waals surface area contributed by atoms with Crippen molar-refractivity contribution in [2.45, 2.75) is 46.1 Å². The molecule has 6 heteroatoms. The predicted molar refractivity (Wildman–Crippen MR) is 112 cm³/mol. The molecule has 0 bridgehead atoms. The van der Waals surface area contributed by atoms with Crippen LogP contribution in [0.3, 0.4) is 0 Å². The van der Waals surface area contributed by atoms with Gasteiger partial charge in [0.15, 0.2) is 5.96 Å². The smallest absolute Gasteiger partial charge is 0.193 e. The minimum absolute atomic E-state index is 0. The Hall–Kier alpha value is -0.0800. The summed E-state index contributed by atoms with van der Waals surface area (Å²) in [5.74, 6) is 2.46. The molecule has 0 spiro atoms. The molecule has 2 saturated heterocycles.